The van der Waals surface area contributed by atoms with Gasteiger partial charge in [0.15, 0.2) is 0 Å². The Morgan fingerprint density at radius 2 is 1.50 bits per heavy atom. The fraction of sp³-hybridized carbons (Fsp3) is 0.211. The van der Waals surface area contributed by atoms with Crippen LogP contribution in [0.4, 0.5) is 5.69 Å². The van der Waals surface area contributed by atoms with Gasteiger partial charge in [0, 0.05) is 21.5 Å². The standard InChI is InChI=1S/C19H17Cl2NO5S/c1-26-18(24)11-6-12(19(25)27-2)8-13(7-11)22-17(23)10-28-9-14-15(20)4-3-5-16(14)21/h3-8H,9-10H2,1-2H3,(H,22,23). The molecule has 0 saturated carbocycles. The van der Waals surface area contributed by atoms with Gasteiger partial charge in [-0.15, -0.1) is 11.8 Å². The molecule has 0 spiro atoms. The highest BCUT2D eigenvalue weighted by Crippen LogP contribution is 2.28. The number of carbonyl (C=O) groups excluding carboxylic acids is 3. The summed E-state index contributed by atoms with van der Waals surface area (Å²) < 4.78 is 9.34. The first-order valence-corrected chi connectivity index (χ1v) is 9.89. The fourth-order valence-electron chi connectivity index (χ4n) is 2.28. The number of rotatable bonds is 7. The number of esters is 2. The number of hydrogen-bond acceptors (Lipinski definition) is 6. The lowest BCUT2D eigenvalue weighted by molar-refractivity contribution is -0.113. The van der Waals surface area contributed by atoms with Crippen molar-refractivity contribution in [3.8, 4) is 0 Å². The molecule has 1 N–H and O–H groups in total. The van der Waals surface area contributed by atoms with E-state index in [-0.39, 0.29) is 28.5 Å². The van der Waals surface area contributed by atoms with Gasteiger partial charge in [-0.25, -0.2) is 9.59 Å². The summed E-state index contributed by atoms with van der Waals surface area (Å²) in [5.74, 6) is -1.00. The smallest absolute Gasteiger partial charge is 0.337 e. The van der Waals surface area contributed by atoms with Gasteiger partial charge in [-0.2, -0.15) is 0 Å². The molecular formula is C19H17Cl2NO5S. The first-order valence-electron chi connectivity index (χ1n) is 7.98. The van der Waals surface area contributed by atoms with Gasteiger partial charge in [-0.05, 0) is 35.9 Å². The van der Waals surface area contributed by atoms with Crippen molar-refractivity contribution in [1.82, 2.24) is 0 Å². The lowest BCUT2D eigenvalue weighted by atomic mass is 10.1. The number of carbonyl (C=O) groups is 3. The third-order valence-corrected chi connectivity index (χ3v) is 5.27. The second-order valence-corrected chi connectivity index (χ2v) is 7.32. The molecule has 0 atom stereocenters. The molecule has 148 valence electrons. The molecule has 0 aliphatic heterocycles. The van der Waals surface area contributed by atoms with Crippen LogP contribution in [0.25, 0.3) is 0 Å². The summed E-state index contributed by atoms with van der Waals surface area (Å²) in [7, 11) is 2.45. The van der Waals surface area contributed by atoms with Gasteiger partial charge in [0.05, 0.1) is 31.1 Å². The lowest BCUT2D eigenvalue weighted by Crippen LogP contribution is -2.16. The third kappa shape index (κ3) is 5.89. The van der Waals surface area contributed by atoms with Crippen LogP contribution in [0, 0.1) is 0 Å². The van der Waals surface area contributed by atoms with Crippen LogP contribution < -0.4 is 5.32 Å². The quantitative estimate of drug-likeness (QED) is 0.639. The number of thioether (sulfide) groups is 1. The summed E-state index contributed by atoms with van der Waals surface area (Å²) in [6, 6.07) is 9.39. The fourth-order valence-corrected chi connectivity index (χ4v) is 3.85. The van der Waals surface area contributed by atoms with Crippen LogP contribution >= 0.6 is 35.0 Å². The molecule has 0 aliphatic carbocycles. The second kappa shape index (κ2) is 10.4. The van der Waals surface area contributed by atoms with E-state index in [0.717, 1.165) is 5.56 Å². The number of amides is 1. The summed E-state index contributed by atoms with van der Waals surface area (Å²) in [5.41, 5.74) is 1.28. The predicted octanol–water partition coefficient (Wildman–Crippen LogP) is 4.44. The number of methoxy groups -OCH3 is 2. The van der Waals surface area contributed by atoms with Crippen molar-refractivity contribution < 1.29 is 23.9 Å². The number of halogens is 2. The van der Waals surface area contributed by atoms with Crippen molar-refractivity contribution in [3.05, 3.63) is 63.1 Å². The highest BCUT2D eigenvalue weighted by atomic mass is 35.5. The summed E-state index contributed by atoms with van der Waals surface area (Å²) >= 11 is 13.5. The van der Waals surface area contributed by atoms with Gasteiger partial charge in [0.25, 0.3) is 0 Å². The number of hydrogen-bond donors (Lipinski definition) is 1. The zero-order valence-corrected chi connectivity index (χ0v) is 17.4. The van der Waals surface area contributed by atoms with Crippen LogP contribution in [0.2, 0.25) is 10.0 Å². The Bertz CT molecular complexity index is 849. The van der Waals surface area contributed by atoms with E-state index in [9.17, 15) is 14.4 Å². The Morgan fingerprint density at radius 1 is 0.964 bits per heavy atom. The molecule has 0 bridgehead atoms. The van der Waals surface area contributed by atoms with Crippen molar-refractivity contribution in [2.75, 3.05) is 25.3 Å². The highest BCUT2D eigenvalue weighted by molar-refractivity contribution is 7.99. The van der Waals surface area contributed by atoms with E-state index >= 15 is 0 Å². The Labute approximate surface area is 176 Å². The maximum atomic E-state index is 12.2. The molecule has 2 rings (SSSR count). The SMILES string of the molecule is COC(=O)c1cc(NC(=O)CSCc2c(Cl)cccc2Cl)cc(C(=O)OC)c1. The van der Waals surface area contributed by atoms with Crippen molar-refractivity contribution in [1.29, 1.82) is 0 Å². The average molecular weight is 442 g/mol. The molecule has 28 heavy (non-hydrogen) atoms. The van der Waals surface area contributed by atoms with Gasteiger partial charge in [-0.3, -0.25) is 4.79 Å². The molecule has 6 nitrogen and oxygen atoms in total. The minimum absolute atomic E-state index is 0.121. The summed E-state index contributed by atoms with van der Waals surface area (Å²) in [4.78, 5) is 35.8. The summed E-state index contributed by atoms with van der Waals surface area (Å²) in [5, 5.41) is 3.73. The first-order chi connectivity index (χ1) is 13.3. The maximum absolute atomic E-state index is 12.2. The first kappa shape index (κ1) is 22.1. The molecule has 0 aliphatic rings. The van der Waals surface area contributed by atoms with Crippen molar-refractivity contribution >= 4 is 58.5 Å². The number of nitrogens with one attached hydrogen (secondary N) is 1. The minimum Gasteiger partial charge on any atom is -0.465 e. The Morgan fingerprint density at radius 3 is 2.00 bits per heavy atom. The van der Waals surface area contributed by atoms with Crippen LogP contribution in [0.1, 0.15) is 26.3 Å². The van der Waals surface area contributed by atoms with Gasteiger partial charge < -0.3 is 14.8 Å². The van der Waals surface area contributed by atoms with Crippen molar-refractivity contribution in [2.24, 2.45) is 0 Å². The van der Waals surface area contributed by atoms with Gasteiger partial charge in [0.1, 0.15) is 0 Å². The Hall–Kier alpha value is -2.22. The zero-order valence-electron chi connectivity index (χ0n) is 15.1. The second-order valence-electron chi connectivity index (χ2n) is 5.52. The number of anilines is 1. The average Bonchev–Trinajstić information content (AvgIpc) is 2.68. The Balaban J connectivity index is 2.06. The van der Waals surface area contributed by atoms with Crippen LogP contribution in [0.5, 0.6) is 0 Å². The topological polar surface area (TPSA) is 81.7 Å². The molecule has 0 heterocycles. The van der Waals surface area contributed by atoms with Gasteiger partial charge in [0.2, 0.25) is 5.91 Å². The third-order valence-electron chi connectivity index (χ3n) is 3.60. The molecule has 1 amide bonds. The number of benzene rings is 2. The molecule has 0 fully saturated rings. The normalized spacial score (nSPS) is 10.3. The molecular weight excluding hydrogens is 425 g/mol. The molecule has 2 aromatic carbocycles. The van der Waals surface area contributed by atoms with Crippen LogP contribution in [-0.4, -0.2) is 37.8 Å². The van der Waals surface area contributed by atoms with Crippen LogP contribution in [0.3, 0.4) is 0 Å². The number of ether oxygens (including phenoxy) is 2. The van der Waals surface area contributed by atoms with E-state index in [1.54, 1.807) is 18.2 Å². The van der Waals surface area contributed by atoms with Crippen LogP contribution in [-0.2, 0) is 20.0 Å². The van der Waals surface area contributed by atoms with Crippen molar-refractivity contribution in [3.63, 3.8) is 0 Å². The monoisotopic (exact) mass is 441 g/mol. The van der Waals surface area contributed by atoms with E-state index in [0.29, 0.717) is 15.8 Å². The van der Waals surface area contributed by atoms with E-state index in [1.807, 2.05) is 0 Å². The molecule has 2 aromatic rings. The maximum Gasteiger partial charge on any atom is 0.337 e. The summed E-state index contributed by atoms with van der Waals surface area (Å²) in [6.45, 7) is 0. The van der Waals surface area contributed by atoms with Gasteiger partial charge in [-0.1, -0.05) is 29.3 Å². The van der Waals surface area contributed by atoms with E-state index in [1.165, 1.54) is 44.2 Å². The highest BCUT2D eigenvalue weighted by Gasteiger charge is 2.15. The lowest BCUT2D eigenvalue weighted by Gasteiger charge is -2.10. The molecule has 0 unspecified atom stereocenters. The van der Waals surface area contributed by atoms with Crippen LogP contribution in [0.15, 0.2) is 36.4 Å². The van der Waals surface area contributed by atoms with E-state index in [2.05, 4.69) is 14.8 Å². The minimum atomic E-state index is -0.635. The molecule has 0 aromatic heterocycles. The zero-order chi connectivity index (χ0) is 20.7. The molecule has 9 heteroatoms. The van der Waals surface area contributed by atoms with E-state index in [4.69, 9.17) is 23.2 Å². The largest absolute Gasteiger partial charge is 0.465 e. The molecule has 0 saturated heterocycles. The van der Waals surface area contributed by atoms with E-state index < -0.39 is 11.9 Å². The summed E-state index contributed by atoms with van der Waals surface area (Å²) in [6.07, 6.45) is 0. The molecule has 0 radical (unpaired) electrons. The predicted molar refractivity (Wildman–Crippen MR) is 110 cm³/mol. The van der Waals surface area contributed by atoms with Gasteiger partial charge >= 0.3 is 11.9 Å². The Kier molecular flexibility index (Phi) is 8.17. The van der Waals surface area contributed by atoms with Crippen molar-refractivity contribution in [2.45, 2.75) is 5.75 Å².